The van der Waals surface area contributed by atoms with Crippen LogP contribution in [0.2, 0.25) is 0 Å². The number of carboxylic acids is 2. The van der Waals surface area contributed by atoms with Gasteiger partial charge in [-0.3, -0.25) is 9.59 Å². The first-order valence-corrected chi connectivity index (χ1v) is 20.0. The van der Waals surface area contributed by atoms with Crippen molar-refractivity contribution in [3.8, 4) is 0 Å². The predicted octanol–water partition coefficient (Wildman–Crippen LogP) is 11.8. The minimum atomic E-state index is -0.679. The molecule has 6 bridgehead atoms. The van der Waals surface area contributed by atoms with Crippen LogP contribution in [0.3, 0.4) is 0 Å². The van der Waals surface area contributed by atoms with Crippen LogP contribution in [0.4, 0.5) is 0 Å². The first kappa shape index (κ1) is 36.5. The van der Waals surface area contributed by atoms with E-state index in [9.17, 15) is 14.7 Å². The largest absolute Gasteiger partial charge is 0.481 e. The molecule has 0 radical (unpaired) electrons. The van der Waals surface area contributed by atoms with Crippen molar-refractivity contribution in [3.05, 3.63) is 11.6 Å². The van der Waals surface area contributed by atoms with Gasteiger partial charge >= 0.3 is 11.9 Å². The van der Waals surface area contributed by atoms with Crippen molar-refractivity contribution in [2.24, 2.45) is 78.3 Å². The van der Waals surface area contributed by atoms with Gasteiger partial charge in [0.05, 0.1) is 12.8 Å². The Morgan fingerprint density at radius 1 is 0.750 bits per heavy atom. The second-order valence-corrected chi connectivity index (χ2v) is 21.8. The van der Waals surface area contributed by atoms with Crippen molar-refractivity contribution in [1.82, 2.24) is 0 Å². The Kier molecular flexibility index (Phi) is 8.24. The fourth-order valence-corrected chi connectivity index (χ4v) is 16.9. The average Bonchev–Trinajstić information content (AvgIpc) is 2.96. The van der Waals surface area contributed by atoms with E-state index >= 15 is 0 Å². The first-order chi connectivity index (χ1) is 21.9. The van der Waals surface area contributed by atoms with Gasteiger partial charge in [-0.2, -0.15) is 0 Å². The van der Waals surface area contributed by atoms with Gasteiger partial charge in [0.15, 0.2) is 0 Å². The van der Waals surface area contributed by atoms with Crippen LogP contribution in [-0.2, 0) is 9.59 Å². The van der Waals surface area contributed by atoms with Crippen molar-refractivity contribution in [2.75, 3.05) is 0 Å². The van der Waals surface area contributed by atoms with Crippen molar-refractivity contribution < 1.29 is 19.8 Å². The second kappa shape index (κ2) is 10.8. The van der Waals surface area contributed by atoms with Crippen molar-refractivity contribution in [1.29, 1.82) is 0 Å². The molecule has 4 heteroatoms. The molecule has 10 unspecified atom stereocenters. The van der Waals surface area contributed by atoms with E-state index < -0.39 is 11.9 Å². The summed E-state index contributed by atoms with van der Waals surface area (Å²) < 4.78 is 0. The molecule has 0 aromatic rings. The Morgan fingerprint density at radius 2 is 1.31 bits per heavy atom. The second-order valence-electron chi connectivity index (χ2n) is 21.8. The summed E-state index contributed by atoms with van der Waals surface area (Å²) in [6.45, 7) is 29.8. The number of allylic oxidation sites excluding steroid dienone is 2. The van der Waals surface area contributed by atoms with Gasteiger partial charge in [0.25, 0.3) is 0 Å². The topological polar surface area (TPSA) is 74.6 Å². The molecular formula is C44H72O4. The van der Waals surface area contributed by atoms with Crippen LogP contribution in [-0.4, -0.2) is 22.2 Å². The predicted molar refractivity (Wildman–Crippen MR) is 195 cm³/mol. The van der Waals surface area contributed by atoms with Crippen LogP contribution >= 0.6 is 0 Å². The normalized spacial score (nSPS) is 47.5. The highest BCUT2D eigenvalue weighted by atomic mass is 16.4. The lowest BCUT2D eigenvalue weighted by Crippen LogP contribution is -2.87. The number of aliphatic carboxylic acids is 2. The summed E-state index contributed by atoms with van der Waals surface area (Å²) in [5, 5.41) is 19.1. The van der Waals surface area contributed by atoms with E-state index in [2.05, 4.69) is 89.2 Å². The van der Waals surface area contributed by atoms with Gasteiger partial charge in [-0.25, -0.2) is 0 Å². The van der Waals surface area contributed by atoms with E-state index in [1.54, 1.807) is 0 Å². The average molecular weight is 665 g/mol. The lowest BCUT2D eigenvalue weighted by Gasteiger charge is -2.93. The highest BCUT2D eigenvalue weighted by Crippen LogP contribution is 2.96. The highest BCUT2D eigenvalue weighted by molar-refractivity contribution is 5.68. The Bertz CT molecular complexity index is 1370. The number of rotatable bonds is 7. The summed E-state index contributed by atoms with van der Waals surface area (Å²) in [5.74, 6) is 2.52. The molecular weight excluding hydrogens is 592 g/mol. The van der Waals surface area contributed by atoms with Crippen molar-refractivity contribution in [3.63, 3.8) is 0 Å². The molecule has 10 aliphatic rings. The Labute approximate surface area is 294 Å². The van der Waals surface area contributed by atoms with E-state index in [4.69, 9.17) is 5.11 Å². The van der Waals surface area contributed by atoms with Crippen LogP contribution in [0.5, 0.6) is 0 Å². The third kappa shape index (κ3) is 4.13. The van der Waals surface area contributed by atoms with Crippen LogP contribution in [0.25, 0.3) is 0 Å². The van der Waals surface area contributed by atoms with Crippen LogP contribution in [0.1, 0.15) is 173 Å². The molecule has 0 aliphatic heterocycles. The van der Waals surface area contributed by atoms with E-state index in [0.29, 0.717) is 23.2 Å². The summed E-state index contributed by atoms with van der Waals surface area (Å²) in [7, 11) is 0. The maximum Gasteiger partial charge on any atom is 0.303 e. The number of carboxylic acid groups (broad SMARTS) is 2. The monoisotopic (exact) mass is 665 g/mol. The molecule has 9 saturated carbocycles. The van der Waals surface area contributed by atoms with Crippen LogP contribution < -0.4 is 0 Å². The lowest BCUT2D eigenvalue weighted by atomic mass is 9.11. The van der Waals surface area contributed by atoms with Gasteiger partial charge in [0.2, 0.25) is 0 Å². The fraction of sp³-hybridized carbons (Fsp3) is 0.909. The molecule has 0 aromatic heterocycles. The number of hydrogen-bond acceptors (Lipinski definition) is 2. The highest BCUT2D eigenvalue weighted by Gasteiger charge is 2.90. The van der Waals surface area contributed by atoms with E-state index in [1.807, 2.05) is 0 Å². The molecule has 0 saturated heterocycles. The minimum Gasteiger partial charge on any atom is -0.481 e. The van der Waals surface area contributed by atoms with Gasteiger partial charge in [-0.15, -0.1) is 0 Å². The molecule has 10 rings (SSSR count). The summed E-state index contributed by atoms with van der Waals surface area (Å²) in [6.07, 6.45) is 18.2. The van der Waals surface area contributed by atoms with Crippen molar-refractivity contribution >= 4 is 11.9 Å². The first-order valence-electron chi connectivity index (χ1n) is 20.0. The van der Waals surface area contributed by atoms with E-state index in [0.717, 1.165) is 49.4 Å². The summed E-state index contributed by atoms with van der Waals surface area (Å²) in [4.78, 5) is 23.1. The molecule has 0 aromatic carbocycles. The molecule has 0 heterocycles. The molecule has 2 N–H and O–H groups in total. The molecule has 272 valence electrons. The zero-order valence-corrected chi connectivity index (χ0v) is 33.1. The lowest BCUT2D eigenvalue weighted by molar-refractivity contribution is -0.455. The van der Waals surface area contributed by atoms with Crippen molar-refractivity contribution in [2.45, 2.75) is 173 Å². The summed E-state index contributed by atoms with van der Waals surface area (Å²) in [5.41, 5.74) is 3.19. The van der Waals surface area contributed by atoms with Gasteiger partial charge in [-0.05, 0) is 162 Å². The standard InChI is InChI=1S/C32H52O2.C12H20O2/c1-20-10-11-21-16-30(20,25(21,2)3)29(9)15-13-23-18-32(29,27(23,6)7)31-17-22(26(31,4)5)12-14-28(31,8)19-24(33)34;1-9-4-6-10(7-5-9)12(2,3)8-11(13)14/h20-23H,10-19H2,1-9H3,(H,33,34);4,10H,5-8H2,1-3H3,(H,13,14). The SMILES string of the molecule is CC1=CCC(C(C)(C)CC(=O)O)CC1.CC1CCC2CC1(C1(C)CCC3CC1(C14CC(CCC1(C)CC(=O)O)C4(C)C)C3(C)C)C2(C)C. The summed E-state index contributed by atoms with van der Waals surface area (Å²) in [6, 6.07) is 0. The molecule has 0 amide bonds. The van der Waals surface area contributed by atoms with Crippen LogP contribution in [0.15, 0.2) is 11.6 Å². The maximum atomic E-state index is 12.4. The third-order valence-electron chi connectivity index (χ3n) is 19.5. The molecule has 48 heavy (non-hydrogen) atoms. The quantitative estimate of drug-likeness (QED) is 0.266. The molecule has 10 aliphatic carbocycles. The zero-order chi connectivity index (χ0) is 35.7. The smallest absolute Gasteiger partial charge is 0.303 e. The molecule has 9 fully saturated rings. The summed E-state index contributed by atoms with van der Waals surface area (Å²) >= 11 is 0. The number of fused-ring (bicyclic) bond motifs is 6. The Balaban J connectivity index is 0.000000242. The molecule has 0 spiro atoms. The minimum absolute atomic E-state index is 0.0664. The Morgan fingerprint density at radius 3 is 1.79 bits per heavy atom. The van der Waals surface area contributed by atoms with Crippen LogP contribution in [0, 0.1) is 78.3 Å². The molecule has 4 nitrogen and oxygen atoms in total. The van der Waals surface area contributed by atoms with E-state index in [-0.39, 0.29) is 44.3 Å². The third-order valence-corrected chi connectivity index (χ3v) is 19.5. The van der Waals surface area contributed by atoms with E-state index in [1.165, 1.54) is 56.9 Å². The van der Waals surface area contributed by atoms with Gasteiger partial charge < -0.3 is 10.2 Å². The zero-order valence-electron chi connectivity index (χ0n) is 33.1. The number of carbonyl (C=O) groups is 2. The molecule has 10 atom stereocenters. The maximum absolute atomic E-state index is 12.4. The number of hydrogen-bond donors (Lipinski definition) is 2. The van der Waals surface area contributed by atoms with Gasteiger partial charge in [0.1, 0.15) is 0 Å². The fourth-order valence-electron chi connectivity index (χ4n) is 16.9. The van der Waals surface area contributed by atoms with Gasteiger partial charge in [-0.1, -0.05) is 87.8 Å². The van der Waals surface area contributed by atoms with Gasteiger partial charge in [0, 0.05) is 0 Å². The Hall–Kier alpha value is -1.32.